The lowest BCUT2D eigenvalue weighted by molar-refractivity contribution is 0.332. The molecule has 6 heteroatoms. The zero-order valence-corrected chi connectivity index (χ0v) is 42.2. The Kier molecular flexibility index (Phi) is 7.78. The van der Waals surface area contributed by atoms with Crippen LogP contribution in [0.4, 0.5) is 11.4 Å². The fourth-order valence-corrected chi connectivity index (χ4v) is 14.8. The molecular formula is C64H54BN3OS. The van der Waals surface area contributed by atoms with Crippen LogP contribution < -0.4 is 15.7 Å². The summed E-state index contributed by atoms with van der Waals surface area (Å²) in [5, 5.41) is 5.35. The Bertz CT molecular complexity index is 4140. The van der Waals surface area contributed by atoms with E-state index in [1.807, 2.05) is 11.3 Å². The van der Waals surface area contributed by atoms with Gasteiger partial charge in [-0.15, -0.1) is 11.3 Å². The summed E-state index contributed by atoms with van der Waals surface area (Å²) >= 11 is 1.91. The quantitative estimate of drug-likeness (QED) is 0.162. The molecular weight excluding hydrogens is 870 g/mol. The first kappa shape index (κ1) is 40.9. The van der Waals surface area contributed by atoms with Gasteiger partial charge < -0.3 is 13.8 Å². The van der Waals surface area contributed by atoms with Gasteiger partial charge in [-0.05, 0) is 145 Å². The van der Waals surface area contributed by atoms with Gasteiger partial charge >= 0.3 is 6.85 Å². The van der Waals surface area contributed by atoms with Gasteiger partial charge in [0.05, 0.1) is 11.0 Å². The lowest BCUT2D eigenvalue weighted by Gasteiger charge is -2.44. The van der Waals surface area contributed by atoms with Crippen molar-refractivity contribution in [3.8, 4) is 39.4 Å². The first-order valence-corrected chi connectivity index (χ1v) is 26.1. The van der Waals surface area contributed by atoms with Crippen LogP contribution >= 0.6 is 11.3 Å². The highest BCUT2D eigenvalue weighted by Gasteiger charge is 2.51. The van der Waals surface area contributed by atoms with Crippen molar-refractivity contribution in [2.45, 2.75) is 96.8 Å². The molecule has 8 aromatic carbocycles. The summed E-state index contributed by atoms with van der Waals surface area (Å²) in [6.07, 6.45) is 2.31. The largest absolute Gasteiger partial charge is 0.436 e. The van der Waals surface area contributed by atoms with Gasteiger partial charge in [-0.1, -0.05) is 135 Å². The van der Waals surface area contributed by atoms with Crippen molar-refractivity contribution >= 4 is 93.6 Å². The molecule has 0 fully saturated rings. The van der Waals surface area contributed by atoms with Gasteiger partial charge in [-0.2, -0.15) is 0 Å². The van der Waals surface area contributed by atoms with E-state index in [4.69, 9.17) is 9.40 Å². The van der Waals surface area contributed by atoms with Crippen LogP contribution in [0.3, 0.4) is 0 Å². The predicted molar refractivity (Wildman–Crippen MR) is 297 cm³/mol. The minimum atomic E-state index is -0.291. The van der Waals surface area contributed by atoms with E-state index in [0.29, 0.717) is 5.89 Å². The molecule has 0 saturated carbocycles. The number of rotatable bonds is 2. The number of hydrogen-bond donors (Lipinski definition) is 0. The molecule has 70 heavy (non-hydrogen) atoms. The third-order valence-electron chi connectivity index (χ3n) is 17.4. The molecule has 5 heterocycles. The molecule has 0 bridgehead atoms. The summed E-state index contributed by atoms with van der Waals surface area (Å²) in [6, 6.07) is 53.3. The van der Waals surface area contributed by atoms with Gasteiger partial charge in [-0.25, -0.2) is 4.98 Å². The van der Waals surface area contributed by atoms with Gasteiger partial charge in [0.15, 0.2) is 5.58 Å². The normalized spacial score (nSPS) is 16.8. The predicted octanol–water partition coefficient (Wildman–Crippen LogP) is 16.2. The molecule has 2 aliphatic heterocycles. The molecule has 15 rings (SSSR count). The molecule has 4 nitrogen and oxygen atoms in total. The first-order valence-electron chi connectivity index (χ1n) is 25.3. The highest BCUT2D eigenvalue weighted by Crippen LogP contribution is 2.60. The van der Waals surface area contributed by atoms with Crippen molar-refractivity contribution in [1.29, 1.82) is 0 Å². The van der Waals surface area contributed by atoms with E-state index >= 15 is 0 Å². The summed E-state index contributed by atoms with van der Waals surface area (Å²) in [7, 11) is 0. The lowest BCUT2D eigenvalue weighted by Crippen LogP contribution is -2.61. The van der Waals surface area contributed by atoms with Gasteiger partial charge in [0.1, 0.15) is 5.52 Å². The van der Waals surface area contributed by atoms with Crippen molar-refractivity contribution in [3.05, 3.63) is 167 Å². The average molecular weight is 924 g/mol. The molecule has 3 aromatic heterocycles. The summed E-state index contributed by atoms with van der Waals surface area (Å²) in [5.41, 5.74) is 23.8. The fourth-order valence-electron chi connectivity index (χ4n) is 13.7. The van der Waals surface area contributed by atoms with Crippen LogP contribution in [0.2, 0.25) is 0 Å². The van der Waals surface area contributed by atoms with Crippen molar-refractivity contribution in [2.24, 2.45) is 0 Å². The second-order valence-corrected chi connectivity index (χ2v) is 24.8. The molecule has 340 valence electrons. The maximum Gasteiger partial charge on any atom is 0.333 e. The fraction of sp³-hybridized carbons (Fsp3) is 0.234. The van der Waals surface area contributed by atoms with Gasteiger partial charge in [0.25, 0.3) is 0 Å². The van der Waals surface area contributed by atoms with Crippen LogP contribution in [0.1, 0.15) is 103 Å². The van der Waals surface area contributed by atoms with Gasteiger partial charge in [0.2, 0.25) is 5.89 Å². The molecule has 0 radical (unpaired) electrons. The minimum Gasteiger partial charge on any atom is -0.436 e. The van der Waals surface area contributed by atoms with E-state index < -0.39 is 0 Å². The number of aromatic nitrogens is 2. The van der Waals surface area contributed by atoms with Crippen LogP contribution in [-0.4, -0.2) is 16.4 Å². The SMILES string of the molecule is CC(C)(C)c1ccc(N2B3c4cc5nc(-c6ccccc6)oc5cc4-n4c5cc6c(cc5c5c7c(c(c3c54)-c3cc4c(cc32)sc2ccccc24)C(C)(C)c2ccccc2-7)C(C)(C)CCC6(C)C)cc1. The lowest BCUT2D eigenvalue weighted by atomic mass is 9.43. The smallest absolute Gasteiger partial charge is 0.333 e. The van der Waals surface area contributed by atoms with Crippen LogP contribution in [0.5, 0.6) is 0 Å². The third-order valence-corrected chi connectivity index (χ3v) is 18.5. The van der Waals surface area contributed by atoms with Crippen LogP contribution in [-0.2, 0) is 21.7 Å². The second kappa shape index (κ2) is 13.3. The molecule has 0 amide bonds. The number of oxazole rings is 1. The van der Waals surface area contributed by atoms with E-state index in [1.165, 1.54) is 114 Å². The highest BCUT2D eigenvalue weighted by molar-refractivity contribution is 7.25. The Labute approximate surface area is 413 Å². The molecule has 0 atom stereocenters. The van der Waals surface area contributed by atoms with Crippen molar-refractivity contribution in [3.63, 3.8) is 0 Å². The second-order valence-electron chi connectivity index (χ2n) is 23.7. The Balaban J connectivity index is 1.18. The zero-order chi connectivity index (χ0) is 47.5. The van der Waals surface area contributed by atoms with Crippen LogP contribution in [0, 0.1) is 0 Å². The molecule has 4 aliphatic rings. The van der Waals surface area contributed by atoms with E-state index in [0.717, 1.165) is 35.2 Å². The average Bonchev–Trinajstić information content (AvgIpc) is 4.09. The van der Waals surface area contributed by atoms with E-state index in [9.17, 15) is 0 Å². The minimum absolute atomic E-state index is 0.0111. The molecule has 2 aliphatic carbocycles. The molecule has 11 aromatic rings. The number of nitrogens with zero attached hydrogens (tertiary/aromatic N) is 3. The van der Waals surface area contributed by atoms with E-state index in [-0.39, 0.29) is 28.5 Å². The number of anilines is 2. The highest BCUT2D eigenvalue weighted by atomic mass is 32.1. The van der Waals surface area contributed by atoms with Crippen molar-refractivity contribution < 1.29 is 4.42 Å². The number of thiophene rings is 1. The molecule has 0 saturated heterocycles. The summed E-state index contributed by atoms with van der Waals surface area (Å²) < 4.78 is 12.2. The maximum atomic E-state index is 6.85. The number of fused-ring (bicyclic) bond motifs is 18. The topological polar surface area (TPSA) is 34.2 Å². The summed E-state index contributed by atoms with van der Waals surface area (Å²) in [6.45, 7) is 21.6. The first-order chi connectivity index (χ1) is 33.6. The summed E-state index contributed by atoms with van der Waals surface area (Å²) in [5.74, 6) is 0.643. The van der Waals surface area contributed by atoms with Gasteiger partial charge in [-0.3, -0.25) is 0 Å². The Morgan fingerprint density at radius 3 is 2.11 bits per heavy atom. The van der Waals surface area contributed by atoms with Crippen molar-refractivity contribution in [2.75, 3.05) is 4.81 Å². The van der Waals surface area contributed by atoms with E-state index in [1.54, 1.807) is 0 Å². The Morgan fingerprint density at radius 2 is 1.34 bits per heavy atom. The van der Waals surface area contributed by atoms with Crippen LogP contribution in [0.15, 0.2) is 144 Å². The van der Waals surface area contributed by atoms with Crippen molar-refractivity contribution in [1.82, 2.24) is 9.55 Å². The van der Waals surface area contributed by atoms with Gasteiger partial charge in [0, 0.05) is 70.6 Å². The van der Waals surface area contributed by atoms with E-state index in [2.05, 4.69) is 211 Å². The third kappa shape index (κ3) is 5.20. The number of benzene rings is 8. The molecule has 0 unspecified atom stereocenters. The molecule has 0 spiro atoms. The Morgan fingerprint density at radius 1 is 0.629 bits per heavy atom. The molecule has 0 N–H and O–H groups in total. The zero-order valence-electron chi connectivity index (χ0n) is 41.4. The number of hydrogen-bond acceptors (Lipinski definition) is 4. The maximum absolute atomic E-state index is 6.85. The summed E-state index contributed by atoms with van der Waals surface area (Å²) in [4.78, 5) is 8.01. The monoisotopic (exact) mass is 923 g/mol. The standard InChI is InChI=1S/C64H54BN3OS/c1-61(2,3)36-23-25-37(26-24-36)68-49-34-53-40(38-19-14-16-22-52(38)70-53)29-41(49)56-57-54(39-20-13-15-21-43(39)64(57,8)9)55-42-30-44-45(63(6,7)28-27-62(44,4)5)31-48(42)67-50-33-51-47(32-46(50)65(68)58(56)59(55)67)66-60(69-51)35-17-11-10-12-18-35/h10-26,29-34H,27-28H2,1-9H3. The Hall–Kier alpha value is -6.89. The van der Waals surface area contributed by atoms with Crippen LogP contribution in [0.25, 0.3) is 92.5 Å².